The standard InChI is InChI=1S/C13H26N2O2S/c1-11(2)17-8-4-7-15-12-5-6-13(15)10-18(16,9-12)14-3/h11-13H,4-10H2,1-3H3. The first-order valence-electron chi connectivity index (χ1n) is 7.02. The normalized spacial score (nSPS) is 36.2. The molecule has 0 saturated carbocycles. The molecule has 106 valence electrons. The van der Waals surface area contributed by atoms with E-state index in [2.05, 4.69) is 23.1 Å². The summed E-state index contributed by atoms with van der Waals surface area (Å²) >= 11 is 0. The van der Waals surface area contributed by atoms with E-state index in [0.717, 1.165) is 31.1 Å². The first-order valence-corrected chi connectivity index (χ1v) is 8.87. The van der Waals surface area contributed by atoms with Gasteiger partial charge in [-0.1, -0.05) is 0 Å². The van der Waals surface area contributed by atoms with Crippen LogP contribution in [0.3, 0.4) is 0 Å². The molecule has 2 fully saturated rings. The molecule has 2 saturated heterocycles. The minimum Gasteiger partial charge on any atom is -0.379 e. The Kier molecular flexibility index (Phi) is 4.67. The van der Waals surface area contributed by atoms with E-state index >= 15 is 0 Å². The second-order valence-corrected chi connectivity index (χ2v) is 8.26. The van der Waals surface area contributed by atoms with Gasteiger partial charge in [-0.05, 0) is 33.1 Å². The van der Waals surface area contributed by atoms with Crippen LogP contribution in [0.15, 0.2) is 4.36 Å². The second kappa shape index (κ2) is 5.88. The maximum absolute atomic E-state index is 12.4. The van der Waals surface area contributed by atoms with Crippen LogP contribution in [-0.2, 0) is 14.5 Å². The SMILES string of the molecule is CN=S1(=O)CC2CCC(C1)N2CCCOC(C)C. The number of rotatable bonds is 5. The zero-order chi connectivity index (χ0) is 13.2. The summed E-state index contributed by atoms with van der Waals surface area (Å²) in [5.74, 6) is 1.57. The van der Waals surface area contributed by atoms with E-state index in [1.807, 2.05) is 0 Å². The fourth-order valence-electron chi connectivity index (χ4n) is 3.12. The fourth-order valence-corrected chi connectivity index (χ4v) is 5.48. The first kappa shape index (κ1) is 14.3. The molecule has 2 unspecified atom stereocenters. The largest absolute Gasteiger partial charge is 0.379 e. The van der Waals surface area contributed by atoms with Crippen LogP contribution in [0.1, 0.15) is 33.1 Å². The molecule has 0 N–H and O–H groups in total. The lowest BCUT2D eigenvalue weighted by molar-refractivity contribution is 0.0670. The van der Waals surface area contributed by atoms with Gasteiger partial charge in [-0.15, -0.1) is 0 Å². The van der Waals surface area contributed by atoms with Crippen LogP contribution in [0.4, 0.5) is 0 Å². The van der Waals surface area contributed by atoms with E-state index in [1.165, 1.54) is 12.8 Å². The molecule has 2 bridgehead atoms. The van der Waals surface area contributed by atoms with Crippen molar-refractivity contribution in [3.05, 3.63) is 0 Å². The summed E-state index contributed by atoms with van der Waals surface area (Å²) in [5.41, 5.74) is 0. The van der Waals surface area contributed by atoms with Gasteiger partial charge >= 0.3 is 0 Å². The van der Waals surface area contributed by atoms with Gasteiger partial charge in [0.2, 0.25) is 0 Å². The van der Waals surface area contributed by atoms with Crippen LogP contribution < -0.4 is 0 Å². The number of ether oxygens (including phenoxy) is 1. The van der Waals surface area contributed by atoms with Gasteiger partial charge < -0.3 is 4.74 Å². The van der Waals surface area contributed by atoms with Crippen LogP contribution >= 0.6 is 0 Å². The van der Waals surface area contributed by atoms with Crippen molar-refractivity contribution in [3.8, 4) is 0 Å². The molecule has 0 amide bonds. The topological polar surface area (TPSA) is 41.9 Å². The highest BCUT2D eigenvalue weighted by Gasteiger charge is 2.41. The third kappa shape index (κ3) is 3.25. The van der Waals surface area contributed by atoms with Crippen molar-refractivity contribution in [2.75, 3.05) is 31.7 Å². The lowest BCUT2D eigenvalue weighted by Gasteiger charge is -2.36. The molecule has 4 nitrogen and oxygen atoms in total. The minimum atomic E-state index is -1.89. The van der Waals surface area contributed by atoms with E-state index in [9.17, 15) is 4.21 Å². The van der Waals surface area contributed by atoms with Gasteiger partial charge in [-0.2, -0.15) is 0 Å². The summed E-state index contributed by atoms with van der Waals surface area (Å²) in [6.07, 6.45) is 3.79. The van der Waals surface area contributed by atoms with E-state index in [-0.39, 0.29) is 0 Å². The van der Waals surface area contributed by atoms with Gasteiger partial charge in [-0.25, -0.2) is 8.57 Å². The summed E-state index contributed by atoms with van der Waals surface area (Å²) in [5, 5.41) is 0. The molecule has 0 aliphatic carbocycles. The van der Waals surface area contributed by atoms with Crippen molar-refractivity contribution in [3.63, 3.8) is 0 Å². The molecule has 2 aliphatic rings. The van der Waals surface area contributed by atoms with E-state index in [4.69, 9.17) is 4.74 Å². The molecule has 18 heavy (non-hydrogen) atoms. The highest BCUT2D eigenvalue weighted by molar-refractivity contribution is 7.93. The zero-order valence-corrected chi connectivity index (χ0v) is 12.6. The summed E-state index contributed by atoms with van der Waals surface area (Å²) in [6.45, 7) is 6.06. The van der Waals surface area contributed by atoms with Crippen molar-refractivity contribution in [1.29, 1.82) is 0 Å². The smallest absolute Gasteiger partial charge is 0.0518 e. The van der Waals surface area contributed by atoms with Crippen molar-refractivity contribution in [2.24, 2.45) is 4.36 Å². The Hall–Kier alpha value is -0.130. The van der Waals surface area contributed by atoms with Gasteiger partial charge in [0.25, 0.3) is 0 Å². The van der Waals surface area contributed by atoms with Gasteiger partial charge in [-0.3, -0.25) is 4.90 Å². The highest BCUT2D eigenvalue weighted by atomic mass is 32.2. The molecule has 0 spiro atoms. The summed E-state index contributed by atoms with van der Waals surface area (Å²) in [7, 11) is -0.173. The predicted molar refractivity (Wildman–Crippen MR) is 75.4 cm³/mol. The maximum atomic E-state index is 12.4. The lowest BCUT2D eigenvalue weighted by atomic mass is 10.2. The molecule has 0 radical (unpaired) electrons. The first-order chi connectivity index (χ1) is 8.54. The molecule has 2 rings (SSSR count). The van der Waals surface area contributed by atoms with Gasteiger partial charge in [0.15, 0.2) is 0 Å². The fraction of sp³-hybridized carbons (Fsp3) is 1.00. The molecular weight excluding hydrogens is 248 g/mol. The average Bonchev–Trinajstić information content (AvgIpc) is 2.57. The Labute approximate surface area is 111 Å². The third-order valence-electron chi connectivity index (χ3n) is 4.02. The van der Waals surface area contributed by atoms with Crippen molar-refractivity contribution in [2.45, 2.75) is 51.3 Å². The van der Waals surface area contributed by atoms with Crippen LogP contribution in [0.2, 0.25) is 0 Å². The highest BCUT2D eigenvalue weighted by Crippen LogP contribution is 2.32. The van der Waals surface area contributed by atoms with Crippen molar-refractivity contribution < 1.29 is 8.95 Å². The molecule has 0 aromatic heterocycles. The Morgan fingerprint density at radius 1 is 1.33 bits per heavy atom. The van der Waals surface area contributed by atoms with Crippen molar-refractivity contribution >= 4 is 9.73 Å². The average molecular weight is 274 g/mol. The number of hydrogen-bond acceptors (Lipinski definition) is 4. The van der Waals surface area contributed by atoms with Gasteiger partial charge in [0.1, 0.15) is 0 Å². The minimum absolute atomic E-state index is 0.320. The molecule has 0 aromatic carbocycles. The monoisotopic (exact) mass is 274 g/mol. The van der Waals surface area contributed by atoms with Crippen LogP contribution in [0, 0.1) is 0 Å². The zero-order valence-electron chi connectivity index (χ0n) is 11.8. The van der Waals surface area contributed by atoms with E-state index in [1.54, 1.807) is 7.05 Å². The second-order valence-electron chi connectivity index (χ2n) is 5.68. The Morgan fingerprint density at radius 3 is 2.44 bits per heavy atom. The number of fused-ring (bicyclic) bond motifs is 2. The van der Waals surface area contributed by atoms with E-state index < -0.39 is 9.73 Å². The molecule has 0 aromatic rings. The Morgan fingerprint density at radius 2 is 1.94 bits per heavy atom. The Bertz CT molecular complexity index is 368. The van der Waals surface area contributed by atoms with Gasteiger partial charge in [0.05, 0.1) is 6.10 Å². The summed E-state index contributed by atoms with van der Waals surface area (Å²) < 4.78 is 22.1. The van der Waals surface area contributed by atoms with E-state index in [0.29, 0.717) is 18.2 Å². The Balaban J connectivity index is 1.84. The predicted octanol–water partition coefficient (Wildman–Crippen LogP) is 1.75. The lowest BCUT2D eigenvalue weighted by Crippen LogP contribution is -2.49. The molecule has 2 atom stereocenters. The molecule has 2 heterocycles. The maximum Gasteiger partial charge on any atom is 0.0518 e. The molecule has 5 heteroatoms. The third-order valence-corrected chi connectivity index (χ3v) is 6.50. The molecular formula is C13H26N2O2S. The summed E-state index contributed by atoms with van der Waals surface area (Å²) in [4.78, 5) is 2.55. The van der Waals surface area contributed by atoms with Crippen LogP contribution in [0.5, 0.6) is 0 Å². The number of hydrogen-bond donors (Lipinski definition) is 0. The van der Waals surface area contributed by atoms with Crippen LogP contribution in [0.25, 0.3) is 0 Å². The quantitative estimate of drug-likeness (QED) is 0.717. The van der Waals surface area contributed by atoms with Gasteiger partial charge in [0, 0.05) is 53.5 Å². The molecule has 2 aliphatic heterocycles. The summed E-state index contributed by atoms with van der Waals surface area (Å²) in [6, 6.07) is 0.998. The van der Waals surface area contributed by atoms with Crippen molar-refractivity contribution in [1.82, 2.24) is 4.90 Å². The number of nitrogens with zero attached hydrogens (tertiary/aromatic N) is 2. The van der Waals surface area contributed by atoms with Crippen LogP contribution in [-0.4, -0.2) is 59.0 Å².